The first kappa shape index (κ1) is 11.2. The van der Waals surface area contributed by atoms with Gasteiger partial charge in [-0.2, -0.15) is 0 Å². The number of rotatable bonds is 2. The normalized spacial score (nSPS) is 10.5. The summed E-state index contributed by atoms with van der Waals surface area (Å²) in [5.74, 6) is 0. The van der Waals surface area contributed by atoms with E-state index in [9.17, 15) is 0 Å². The minimum absolute atomic E-state index is 1.29. The molecule has 0 saturated carbocycles. The van der Waals surface area contributed by atoms with Crippen LogP contribution in [0.3, 0.4) is 0 Å². The molecule has 0 saturated heterocycles. The lowest BCUT2D eigenvalue weighted by Crippen LogP contribution is -1.86. The first-order valence-corrected chi connectivity index (χ1v) is 6.93. The Morgan fingerprint density at radius 2 is 1.50 bits per heavy atom. The summed E-state index contributed by atoms with van der Waals surface area (Å²) in [4.78, 5) is 1.34. The van der Waals surface area contributed by atoms with Gasteiger partial charge < -0.3 is 0 Å². The summed E-state index contributed by atoms with van der Waals surface area (Å²) in [5, 5.41) is 2.13. The second kappa shape index (κ2) is 4.79. The van der Waals surface area contributed by atoms with Gasteiger partial charge in [0, 0.05) is 4.88 Å². The van der Waals surface area contributed by atoms with Crippen LogP contribution in [0.5, 0.6) is 0 Å². The van der Waals surface area contributed by atoms with E-state index in [-0.39, 0.29) is 0 Å². The molecule has 0 atom stereocenters. The Labute approximate surface area is 112 Å². The lowest BCUT2D eigenvalue weighted by Gasteiger charge is -2.10. The molecular formula is C17H14S. The molecule has 1 heteroatoms. The van der Waals surface area contributed by atoms with Crippen LogP contribution in [0.4, 0.5) is 0 Å². The molecule has 2 aromatic carbocycles. The zero-order chi connectivity index (χ0) is 12.4. The van der Waals surface area contributed by atoms with Crippen molar-refractivity contribution in [2.45, 2.75) is 6.92 Å². The third-order valence-corrected chi connectivity index (χ3v) is 4.11. The number of hydrogen-bond acceptors (Lipinski definition) is 1. The van der Waals surface area contributed by atoms with Gasteiger partial charge in [-0.15, -0.1) is 11.3 Å². The molecular weight excluding hydrogens is 236 g/mol. The third-order valence-electron chi connectivity index (χ3n) is 3.21. The maximum absolute atomic E-state index is 2.21. The molecule has 88 valence electrons. The van der Waals surface area contributed by atoms with Gasteiger partial charge in [-0.1, -0.05) is 54.6 Å². The van der Waals surface area contributed by atoms with Crippen LogP contribution in [-0.4, -0.2) is 0 Å². The number of thiophene rings is 1. The molecule has 0 N–H and O–H groups in total. The van der Waals surface area contributed by atoms with E-state index in [1.807, 2.05) is 0 Å². The predicted octanol–water partition coefficient (Wildman–Crippen LogP) is 5.39. The van der Waals surface area contributed by atoms with Crippen LogP contribution in [0.15, 0.2) is 66.0 Å². The fourth-order valence-electron chi connectivity index (χ4n) is 2.26. The summed E-state index contributed by atoms with van der Waals surface area (Å²) in [5.41, 5.74) is 5.30. The molecule has 0 amide bonds. The Balaban J connectivity index is 2.16. The first-order valence-electron chi connectivity index (χ1n) is 6.05. The van der Waals surface area contributed by atoms with E-state index in [0.717, 1.165) is 0 Å². The predicted molar refractivity (Wildman–Crippen MR) is 79.9 cm³/mol. The molecule has 0 aliphatic heterocycles. The van der Waals surface area contributed by atoms with Gasteiger partial charge in [0.15, 0.2) is 0 Å². The average molecular weight is 250 g/mol. The van der Waals surface area contributed by atoms with Gasteiger partial charge in [0.05, 0.1) is 0 Å². The van der Waals surface area contributed by atoms with E-state index in [1.54, 1.807) is 11.3 Å². The highest BCUT2D eigenvalue weighted by Crippen LogP contribution is 2.33. The molecule has 0 nitrogen and oxygen atoms in total. The van der Waals surface area contributed by atoms with E-state index >= 15 is 0 Å². The van der Waals surface area contributed by atoms with E-state index in [0.29, 0.717) is 0 Å². The first-order chi connectivity index (χ1) is 8.86. The monoisotopic (exact) mass is 250 g/mol. The summed E-state index contributed by atoms with van der Waals surface area (Å²) in [6.45, 7) is 2.21. The summed E-state index contributed by atoms with van der Waals surface area (Å²) < 4.78 is 0. The molecule has 0 bridgehead atoms. The van der Waals surface area contributed by atoms with E-state index in [1.165, 1.54) is 27.1 Å². The lowest BCUT2D eigenvalue weighted by molar-refractivity contribution is 1.46. The van der Waals surface area contributed by atoms with Gasteiger partial charge in [0.2, 0.25) is 0 Å². The van der Waals surface area contributed by atoms with Gasteiger partial charge in [0.1, 0.15) is 0 Å². The zero-order valence-corrected chi connectivity index (χ0v) is 11.1. The SMILES string of the molecule is Cc1c(-c2ccccc2)cccc1-c1cccs1. The second-order valence-corrected chi connectivity index (χ2v) is 5.27. The summed E-state index contributed by atoms with van der Waals surface area (Å²) >= 11 is 1.79. The van der Waals surface area contributed by atoms with Crippen molar-refractivity contribution in [3.8, 4) is 21.6 Å². The Morgan fingerprint density at radius 1 is 0.722 bits per heavy atom. The van der Waals surface area contributed by atoms with Crippen molar-refractivity contribution in [2.75, 3.05) is 0 Å². The molecule has 0 fully saturated rings. The largest absolute Gasteiger partial charge is 0.144 e. The average Bonchev–Trinajstić information content (AvgIpc) is 2.94. The van der Waals surface area contributed by atoms with Crippen molar-refractivity contribution in [2.24, 2.45) is 0 Å². The van der Waals surface area contributed by atoms with Gasteiger partial charge in [-0.05, 0) is 40.6 Å². The third kappa shape index (κ3) is 1.98. The molecule has 0 unspecified atom stereocenters. The van der Waals surface area contributed by atoms with Crippen LogP contribution in [0, 0.1) is 6.92 Å². The summed E-state index contributed by atoms with van der Waals surface area (Å²) in [6.07, 6.45) is 0. The molecule has 1 heterocycles. The maximum Gasteiger partial charge on any atom is 0.0345 e. The van der Waals surface area contributed by atoms with Crippen LogP contribution in [-0.2, 0) is 0 Å². The summed E-state index contributed by atoms with van der Waals surface area (Å²) in [6, 6.07) is 21.4. The smallest absolute Gasteiger partial charge is 0.0345 e. The standard InChI is InChI=1S/C17H14S/c1-13-15(14-7-3-2-4-8-14)9-5-10-16(13)17-11-6-12-18-17/h2-12H,1H3. The molecule has 3 aromatic rings. The lowest BCUT2D eigenvalue weighted by atomic mass is 9.96. The minimum atomic E-state index is 1.29. The molecule has 18 heavy (non-hydrogen) atoms. The van der Waals surface area contributed by atoms with Crippen molar-refractivity contribution >= 4 is 11.3 Å². The quantitative estimate of drug-likeness (QED) is 0.572. The van der Waals surface area contributed by atoms with Crippen molar-refractivity contribution in [1.82, 2.24) is 0 Å². The molecule has 0 aliphatic carbocycles. The van der Waals surface area contributed by atoms with Crippen LogP contribution < -0.4 is 0 Å². The van der Waals surface area contributed by atoms with E-state index in [4.69, 9.17) is 0 Å². The Morgan fingerprint density at radius 3 is 2.22 bits per heavy atom. The van der Waals surface area contributed by atoms with Gasteiger partial charge in [0.25, 0.3) is 0 Å². The highest BCUT2D eigenvalue weighted by Gasteiger charge is 2.07. The van der Waals surface area contributed by atoms with Crippen LogP contribution >= 0.6 is 11.3 Å². The van der Waals surface area contributed by atoms with Gasteiger partial charge in [-0.25, -0.2) is 0 Å². The fraction of sp³-hybridized carbons (Fsp3) is 0.0588. The number of benzene rings is 2. The van der Waals surface area contributed by atoms with Gasteiger partial charge in [-0.3, -0.25) is 0 Å². The number of hydrogen-bond donors (Lipinski definition) is 0. The topological polar surface area (TPSA) is 0 Å². The van der Waals surface area contributed by atoms with Crippen molar-refractivity contribution in [3.63, 3.8) is 0 Å². The van der Waals surface area contributed by atoms with Crippen molar-refractivity contribution < 1.29 is 0 Å². The van der Waals surface area contributed by atoms with Crippen LogP contribution in [0.25, 0.3) is 21.6 Å². The Bertz CT molecular complexity index is 637. The highest BCUT2D eigenvalue weighted by atomic mass is 32.1. The highest BCUT2D eigenvalue weighted by molar-refractivity contribution is 7.13. The van der Waals surface area contributed by atoms with Crippen molar-refractivity contribution in [1.29, 1.82) is 0 Å². The van der Waals surface area contributed by atoms with Crippen LogP contribution in [0.1, 0.15) is 5.56 Å². The van der Waals surface area contributed by atoms with Crippen molar-refractivity contribution in [3.05, 3.63) is 71.6 Å². The van der Waals surface area contributed by atoms with Crippen LogP contribution in [0.2, 0.25) is 0 Å². The zero-order valence-electron chi connectivity index (χ0n) is 10.3. The van der Waals surface area contributed by atoms with E-state index < -0.39 is 0 Å². The Kier molecular flexibility index (Phi) is 2.99. The molecule has 1 aromatic heterocycles. The van der Waals surface area contributed by atoms with E-state index in [2.05, 4.69) is 73.0 Å². The molecule has 3 rings (SSSR count). The van der Waals surface area contributed by atoms with Gasteiger partial charge >= 0.3 is 0 Å². The molecule has 0 radical (unpaired) electrons. The maximum atomic E-state index is 2.21. The fourth-order valence-corrected chi connectivity index (χ4v) is 3.07. The minimum Gasteiger partial charge on any atom is -0.144 e. The molecule has 0 aliphatic rings. The summed E-state index contributed by atoms with van der Waals surface area (Å²) in [7, 11) is 0. The molecule has 0 spiro atoms. The Hall–Kier alpha value is -1.86. The second-order valence-electron chi connectivity index (χ2n) is 4.32.